The van der Waals surface area contributed by atoms with Gasteiger partial charge in [-0.2, -0.15) is 0 Å². The summed E-state index contributed by atoms with van der Waals surface area (Å²) in [5, 5.41) is 0.748. The monoisotopic (exact) mass is 566 g/mol. The fourth-order valence-electron chi connectivity index (χ4n) is 3.21. The fraction of sp³-hybridized carbons (Fsp3) is 0.300. The number of nitrogens with zero attached hydrogens (tertiary/aromatic N) is 1. The van der Waals surface area contributed by atoms with Gasteiger partial charge in [-0.1, -0.05) is 77.0 Å². The standard InChI is InChI=1S/C20H19BrClNOS2.ClHO4/c1-3-23(4-2)20-25-18-15-11-13(21)7-10-16(15)24-17(19(18)26-20)12-5-8-14(22)9-6-12;2-1(3,4)5/h5-11,17,20H,3-4H2,1-2H3;(H,2,3,4,5)/p-1. The number of hydrogen-bond donors (Lipinski definition) is 0. The van der Waals surface area contributed by atoms with E-state index in [1.165, 1.54) is 15.4 Å². The number of fused-ring (bicyclic) bond motifs is 2. The predicted molar refractivity (Wildman–Crippen MR) is 118 cm³/mol. The van der Waals surface area contributed by atoms with Crippen molar-refractivity contribution in [2.24, 2.45) is 0 Å². The fourth-order valence-corrected chi connectivity index (χ4v) is 7.13. The Labute approximate surface area is 205 Å². The van der Waals surface area contributed by atoms with E-state index in [4.69, 9.17) is 35.0 Å². The molecule has 0 saturated carbocycles. The van der Waals surface area contributed by atoms with Crippen LogP contribution in [0.3, 0.4) is 0 Å². The number of rotatable bonds is 4. The zero-order chi connectivity index (χ0) is 22.8. The van der Waals surface area contributed by atoms with Crippen LogP contribution in [0.25, 0.3) is 4.91 Å². The highest BCUT2D eigenvalue weighted by molar-refractivity contribution is 9.10. The molecule has 2 atom stereocenters. The van der Waals surface area contributed by atoms with E-state index in [-0.39, 0.29) is 6.10 Å². The van der Waals surface area contributed by atoms with Gasteiger partial charge in [-0.15, -0.1) is 10.2 Å². The Morgan fingerprint density at radius 2 is 1.65 bits per heavy atom. The highest BCUT2D eigenvalue weighted by Crippen LogP contribution is 2.60. The van der Waals surface area contributed by atoms with Gasteiger partial charge in [0.1, 0.15) is 10.5 Å². The van der Waals surface area contributed by atoms with Gasteiger partial charge in [0.05, 0.1) is 0 Å². The molecule has 4 rings (SSSR count). The lowest BCUT2D eigenvalue weighted by Crippen LogP contribution is -2.68. The summed E-state index contributed by atoms with van der Waals surface area (Å²) in [5.74, 6) is 0.945. The van der Waals surface area contributed by atoms with Crippen molar-refractivity contribution in [1.29, 1.82) is 0 Å². The van der Waals surface area contributed by atoms with Gasteiger partial charge in [0.2, 0.25) is 0 Å². The van der Waals surface area contributed by atoms with Crippen LogP contribution in [0.4, 0.5) is 0 Å². The molecule has 0 fully saturated rings. The molecule has 2 aliphatic rings. The molecule has 6 nitrogen and oxygen atoms in total. The summed E-state index contributed by atoms with van der Waals surface area (Å²) in [7, 11) is -4.94. The van der Waals surface area contributed by atoms with Crippen LogP contribution in [0.15, 0.2) is 51.8 Å². The number of ether oxygens (including phenoxy) is 1. The summed E-state index contributed by atoms with van der Waals surface area (Å²) in [5.41, 5.74) is 2.33. The molecular weight excluding hydrogens is 549 g/mol. The van der Waals surface area contributed by atoms with Gasteiger partial charge in [-0.05, 0) is 49.0 Å². The topological polar surface area (TPSA) is 105 Å². The summed E-state index contributed by atoms with van der Waals surface area (Å²) in [6.45, 7) is 6.53. The van der Waals surface area contributed by atoms with Crippen molar-refractivity contribution < 1.29 is 33.6 Å². The number of halogens is 3. The molecule has 2 aliphatic heterocycles. The molecule has 0 radical (unpaired) electrons. The van der Waals surface area contributed by atoms with E-state index in [1.807, 2.05) is 41.7 Å². The molecule has 2 heterocycles. The van der Waals surface area contributed by atoms with Crippen LogP contribution in [0, 0.1) is 10.2 Å². The zero-order valence-electron chi connectivity index (χ0n) is 16.5. The van der Waals surface area contributed by atoms with Crippen LogP contribution in [0.5, 0.6) is 5.75 Å². The Kier molecular flexibility index (Phi) is 8.64. The molecule has 0 saturated heterocycles. The van der Waals surface area contributed by atoms with Crippen molar-refractivity contribution in [3.63, 3.8) is 0 Å². The maximum atomic E-state index is 8.49. The van der Waals surface area contributed by atoms with Gasteiger partial charge in [0, 0.05) is 24.9 Å². The Balaban J connectivity index is 0.000000491. The van der Waals surface area contributed by atoms with E-state index in [0.29, 0.717) is 4.71 Å². The van der Waals surface area contributed by atoms with Crippen molar-refractivity contribution in [3.05, 3.63) is 68.0 Å². The zero-order valence-corrected chi connectivity index (χ0v) is 21.3. The molecule has 0 aromatic heterocycles. The summed E-state index contributed by atoms with van der Waals surface area (Å²) in [6, 6.07) is 14.3. The molecule has 168 valence electrons. The lowest BCUT2D eigenvalue weighted by Gasteiger charge is -2.28. The first kappa shape index (κ1) is 25.2. The van der Waals surface area contributed by atoms with Crippen LogP contribution >= 0.6 is 51.1 Å². The van der Waals surface area contributed by atoms with Crippen LogP contribution in [0.2, 0.25) is 5.02 Å². The summed E-state index contributed by atoms with van der Waals surface area (Å²) >= 11 is 13.6. The van der Waals surface area contributed by atoms with Gasteiger partial charge in [0.15, 0.2) is 6.10 Å². The Bertz CT molecular complexity index is 946. The summed E-state index contributed by atoms with van der Waals surface area (Å²) in [4.78, 5) is 5.14. The van der Waals surface area contributed by atoms with Crippen LogP contribution in [-0.2, 0) is 0 Å². The average molecular weight is 568 g/mol. The second-order valence-electron chi connectivity index (χ2n) is 6.53. The van der Waals surface area contributed by atoms with E-state index in [1.54, 1.807) is 0 Å². The largest absolute Gasteiger partial charge is 0.480 e. The van der Waals surface area contributed by atoms with Gasteiger partial charge in [-0.25, -0.2) is 18.6 Å². The second kappa shape index (κ2) is 10.6. The third kappa shape index (κ3) is 6.54. The van der Waals surface area contributed by atoms with Crippen LogP contribution in [0.1, 0.15) is 31.1 Å². The van der Waals surface area contributed by atoms with Crippen molar-refractivity contribution in [2.45, 2.75) is 24.7 Å². The molecule has 31 heavy (non-hydrogen) atoms. The Morgan fingerprint density at radius 3 is 2.23 bits per heavy atom. The first-order chi connectivity index (χ1) is 14.6. The van der Waals surface area contributed by atoms with Crippen molar-refractivity contribution in [1.82, 2.24) is 4.90 Å². The van der Waals surface area contributed by atoms with E-state index >= 15 is 0 Å². The molecule has 11 heteroatoms. The maximum absolute atomic E-state index is 8.49. The van der Waals surface area contributed by atoms with Gasteiger partial charge in [-0.3, -0.25) is 4.90 Å². The van der Waals surface area contributed by atoms with E-state index in [9.17, 15) is 0 Å². The molecule has 2 unspecified atom stereocenters. The smallest absolute Gasteiger partial charge is 0.156 e. The average Bonchev–Trinajstić information content (AvgIpc) is 3.13. The normalized spacial score (nSPS) is 20.0. The molecule has 2 aromatic carbocycles. The number of hydrogen-bond acceptors (Lipinski definition) is 8. The molecule has 0 N–H and O–H groups in total. The maximum Gasteiger partial charge on any atom is 0.156 e. The number of thioether (sulfide) groups is 2. The molecule has 0 aliphatic carbocycles. The predicted octanol–water partition coefficient (Wildman–Crippen LogP) is 2.25. The summed E-state index contributed by atoms with van der Waals surface area (Å²) in [6.07, 6.45) is -0.0750. The first-order valence-electron chi connectivity index (χ1n) is 9.26. The third-order valence-corrected chi connectivity index (χ3v) is 8.42. The van der Waals surface area contributed by atoms with Crippen molar-refractivity contribution >= 4 is 56.0 Å². The Hall–Kier alpha value is -0.460. The summed E-state index contributed by atoms with van der Waals surface area (Å²) < 4.78 is 41.9. The van der Waals surface area contributed by atoms with Crippen LogP contribution < -0.4 is 23.4 Å². The van der Waals surface area contributed by atoms with E-state index in [2.05, 4.69) is 58.9 Å². The lowest BCUT2D eigenvalue weighted by atomic mass is 10.0. The lowest BCUT2D eigenvalue weighted by molar-refractivity contribution is -2.00. The third-order valence-electron chi connectivity index (χ3n) is 4.62. The minimum Gasteiger partial charge on any atom is -0.480 e. The highest BCUT2D eigenvalue weighted by atomic mass is 79.9. The quantitative estimate of drug-likeness (QED) is 0.554. The highest BCUT2D eigenvalue weighted by Gasteiger charge is 2.39. The van der Waals surface area contributed by atoms with Gasteiger partial charge >= 0.3 is 0 Å². The van der Waals surface area contributed by atoms with Gasteiger partial charge in [0.25, 0.3) is 0 Å². The number of benzene rings is 2. The second-order valence-corrected chi connectivity index (χ2v) is 11.1. The van der Waals surface area contributed by atoms with Gasteiger partial charge < -0.3 is 4.74 Å². The minimum atomic E-state index is -4.94. The molecule has 0 bridgehead atoms. The first-order valence-corrected chi connectivity index (χ1v) is 13.4. The molecular formula is C20H19BrCl2NO5S2-. The molecule has 0 amide bonds. The molecule has 2 aromatic rings. The van der Waals surface area contributed by atoms with Crippen molar-refractivity contribution in [2.75, 3.05) is 13.1 Å². The van der Waals surface area contributed by atoms with Crippen LogP contribution in [-0.4, -0.2) is 22.7 Å². The molecule has 0 spiro atoms. The van der Waals surface area contributed by atoms with E-state index in [0.717, 1.165) is 33.9 Å². The van der Waals surface area contributed by atoms with E-state index < -0.39 is 10.2 Å². The SMILES string of the molecule is CCN(CC)C1SC2=C(S1)C(c1ccc(Cl)cc1)Oc1ccc(Br)cc12.[O-][Cl+3]([O-])([O-])[O-]. The van der Waals surface area contributed by atoms with Crippen molar-refractivity contribution in [3.8, 4) is 5.75 Å². The minimum absolute atomic E-state index is 0.0750. The Morgan fingerprint density at radius 1 is 1.03 bits per heavy atom.